The molecule has 0 aliphatic carbocycles. The first kappa shape index (κ1) is 13.8. The van der Waals surface area contributed by atoms with E-state index >= 15 is 0 Å². The molecular formula is C15H9F3N2S. The quantitative estimate of drug-likeness (QED) is 0.673. The predicted molar refractivity (Wildman–Crippen MR) is 75.8 cm³/mol. The lowest BCUT2D eigenvalue weighted by atomic mass is 10.1. The van der Waals surface area contributed by atoms with E-state index in [2.05, 4.69) is 9.97 Å². The maximum Gasteiger partial charge on any atom is 0.416 e. The standard InChI is InChI=1S/C15H9F3N2S/c16-15(17,18)12-5-3-10(4-6-12)11-8-19-14(20-9-11)13-2-1-7-21-13/h1-9H. The Labute approximate surface area is 122 Å². The fraction of sp³-hybridized carbons (Fsp3) is 0.0667. The van der Waals surface area contributed by atoms with Crippen molar-refractivity contribution in [3.63, 3.8) is 0 Å². The Hall–Kier alpha value is -2.21. The van der Waals surface area contributed by atoms with Crippen LogP contribution < -0.4 is 0 Å². The minimum absolute atomic E-state index is 0.612. The summed E-state index contributed by atoms with van der Waals surface area (Å²) in [5.41, 5.74) is 0.673. The Balaban J connectivity index is 1.87. The highest BCUT2D eigenvalue weighted by Crippen LogP contribution is 2.31. The monoisotopic (exact) mass is 306 g/mol. The third-order valence-corrected chi connectivity index (χ3v) is 3.80. The molecule has 0 aliphatic rings. The molecule has 2 nitrogen and oxygen atoms in total. The highest BCUT2D eigenvalue weighted by atomic mass is 32.1. The summed E-state index contributed by atoms with van der Waals surface area (Å²) in [6, 6.07) is 8.79. The highest BCUT2D eigenvalue weighted by Gasteiger charge is 2.29. The third kappa shape index (κ3) is 2.95. The number of hydrogen-bond acceptors (Lipinski definition) is 3. The van der Waals surface area contributed by atoms with E-state index in [0.717, 1.165) is 17.0 Å². The largest absolute Gasteiger partial charge is 0.416 e. The zero-order valence-corrected chi connectivity index (χ0v) is 11.4. The predicted octanol–water partition coefficient (Wildman–Crippen LogP) is 4.89. The molecule has 21 heavy (non-hydrogen) atoms. The normalized spacial score (nSPS) is 11.6. The lowest BCUT2D eigenvalue weighted by Crippen LogP contribution is -2.04. The summed E-state index contributed by atoms with van der Waals surface area (Å²) in [5.74, 6) is 0.612. The Kier molecular flexibility index (Phi) is 3.47. The minimum atomic E-state index is -4.32. The molecule has 0 atom stereocenters. The zero-order chi connectivity index (χ0) is 14.9. The van der Waals surface area contributed by atoms with Crippen molar-refractivity contribution in [2.24, 2.45) is 0 Å². The Morgan fingerprint density at radius 3 is 2.05 bits per heavy atom. The van der Waals surface area contributed by atoms with E-state index in [9.17, 15) is 13.2 Å². The van der Waals surface area contributed by atoms with Gasteiger partial charge in [-0.2, -0.15) is 13.2 Å². The van der Waals surface area contributed by atoms with Crippen molar-refractivity contribution in [2.75, 3.05) is 0 Å². The number of alkyl halides is 3. The number of thiophene rings is 1. The Bertz CT molecular complexity index is 717. The molecule has 2 heterocycles. The molecule has 0 saturated heterocycles. The van der Waals surface area contributed by atoms with Crippen LogP contribution in [0.25, 0.3) is 21.8 Å². The van der Waals surface area contributed by atoms with Gasteiger partial charge >= 0.3 is 6.18 Å². The average molecular weight is 306 g/mol. The molecular weight excluding hydrogens is 297 g/mol. The minimum Gasteiger partial charge on any atom is -0.235 e. The van der Waals surface area contributed by atoms with Crippen molar-refractivity contribution in [1.29, 1.82) is 0 Å². The number of aromatic nitrogens is 2. The van der Waals surface area contributed by atoms with Gasteiger partial charge in [-0.1, -0.05) is 18.2 Å². The average Bonchev–Trinajstić information content (AvgIpc) is 3.01. The van der Waals surface area contributed by atoms with Gasteiger partial charge in [0.2, 0.25) is 0 Å². The smallest absolute Gasteiger partial charge is 0.235 e. The molecule has 3 rings (SSSR count). The van der Waals surface area contributed by atoms with Crippen LogP contribution in [0.3, 0.4) is 0 Å². The first-order valence-corrected chi connectivity index (χ1v) is 6.95. The van der Waals surface area contributed by atoms with Gasteiger partial charge in [0.1, 0.15) is 0 Å². The van der Waals surface area contributed by atoms with Gasteiger partial charge in [-0.3, -0.25) is 0 Å². The summed E-state index contributed by atoms with van der Waals surface area (Å²) in [4.78, 5) is 9.44. The number of halogens is 3. The van der Waals surface area contributed by atoms with Crippen LogP contribution in [0.4, 0.5) is 13.2 Å². The van der Waals surface area contributed by atoms with Gasteiger partial charge in [-0.05, 0) is 29.1 Å². The molecule has 0 bridgehead atoms. The van der Waals surface area contributed by atoms with Gasteiger partial charge in [0, 0.05) is 18.0 Å². The van der Waals surface area contributed by atoms with E-state index in [-0.39, 0.29) is 0 Å². The molecule has 0 spiro atoms. The molecule has 6 heteroatoms. The van der Waals surface area contributed by atoms with Gasteiger partial charge in [-0.25, -0.2) is 9.97 Å². The van der Waals surface area contributed by atoms with E-state index in [1.807, 2.05) is 17.5 Å². The van der Waals surface area contributed by atoms with Gasteiger partial charge in [0.15, 0.2) is 5.82 Å². The maximum absolute atomic E-state index is 12.5. The molecule has 3 aromatic rings. The Morgan fingerprint density at radius 2 is 1.52 bits per heavy atom. The number of benzene rings is 1. The van der Waals surface area contributed by atoms with Crippen LogP contribution >= 0.6 is 11.3 Å². The molecule has 0 unspecified atom stereocenters. The maximum atomic E-state index is 12.5. The van der Waals surface area contributed by atoms with Gasteiger partial charge in [0.25, 0.3) is 0 Å². The Morgan fingerprint density at radius 1 is 0.857 bits per heavy atom. The first-order valence-electron chi connectivity index (χ1n) is 6.07. The molecule has 0 saturated carbocycles. The van der Waals surface area contributed by atoms with Gasteiger partial charge < -0.3 is 0 Å². The second kappa shape index (κ2) is 5.29. The summed E-state index contributed by atoms with van der Waals surface area (Å²) < 4.78 is 37.5. The van der Waals surface area contributed by atoms with Crippen LogP contribution in [-0.4, -0.2) is 9.97 Å². The lowest BCUT2D eigenvalue weighted by Gasteiger charge is -2.07. The van der Waals surface area contributed by atoms with Gasteiger partial charge in [0.05, 0.1) is 10.4 Å². The van der Waals surface area contributed by atoms with Crippen LogP contribution in [0.5, 0.6) is 0 Å². The van der Waals surface area contributed by atoms with Crippen LogP contribution in [-0.2, 0) is 6.18 Å². The fourth-order valence-electron chi connectivity index (χ4n) is 1.86. The van der Waals surface area contributed by atoms with Crippen molar-refractivity contribution >= 4 is 11.3 Å². The zero-order valence-electron chi connectivity index (χ0n) is 10.6. The molecule has 0 N–H and O–H groups in total. The molecule has 1 aromatic carbocycles. The SMILES string of the molecule is FC(F)(F)c1ccc(-c2cnc(-c3cccs3)nc2)cc1. The topological polar surface area (TPSA) is 25.8 Å². The second-order valence-electron chi connectivity index (χ2n) is 4.35. The van der Waals surface area contributed by atoms with E-state index in [0.29, 0.717) is 17.0 Å². The summed E-state index contributed by atoms with van der Waals surface area (Å²) >= 11 is 1.53. The summed E-state index contributed by atoms with van der Waals surface area (Å²) in [7, 11) is 0. The summed E-state index contributed by atoms with van der Waals surface area (Å²) in [6.07, 6.45) is -1.09. The fourth-order valence-corrected chi connectivity index (χ4v) is 2.53. The first-order chi connectivity index (χ1) is 10.0. The third-order valence-electron chi connectivity index (χ3n) is 2.94. The molecule has 0 aliphatic heterocycles. The van der Waals surface area contributed by atoms with Crippen molar-refractivity contribution in [3.05, 3.63) is 59.7 Å². The summed E-state index contributed by atoms with van der Waals surface area (Å²) in [5, 5.41) is 1.93. The second-order valence-corrected chi connectivity index (χ2v) is 5.30. The van der Waals surface area contributed by atoms with Gasteiger partial charge in [-0.15, -0.1) is 11.3 Å². The highest BCUT2D eigenvalue weighted by molar-refractivity contribution is 7.13. The van der Waals surface area contributed by atoms with Crippen molar-refractivity contribution < 1.29 is 13.2 Å². The van der Waals surface area contributed by atoms with Crippen LogP contribution in [0.15, 0.2) is 54.2 Å². The molecule has 0 radical (unpaired) electrons. The summed E-state index contributed by atoms with van der Waals surface area (Å²) in [6.45, 7) is 0. The van der Waals surface area contributed by atoms with E-state index < -0.39 is 11.7 Å². The molecule has 2 aromatic heterocycles. The van der Waals surface area contributed by atoms with Crippen LogP contribution in [0.2, 0.25) is 0 Å². The number of rotatable bonds is 2. The number of hydrogen-bond donors (Lipinski definition) is 0. The van der Waals surface area contributed by atoms with Crippen molar-refractivity contribution in [2.45, 2.75) is 6.18 Å². The van der Waals surface area contributed by atoms with Crippen LogP contribution in [0, 0.1) is 0 Å². The van der Waals surface area contributed by atoms with Crippen molar-refractivity contribution in [1.82, 2.24) is 9.97 Å². The van der Waals surface area contributed by atoms with E-state index in [1.54, 1.807) is 12.4 Å². The van der Waals surface area contributed by atoms with Crippen LogP contribution in [0.1, 0.15) is 5.56 Å². The van der Waals surface area contributed by atoms with Crippen molar-refractivity contribution in [3.8, 4) is 21.8 Å². The van der Waals surface area contributed by atoms with E-state index in [4.69, 9.17) is 0 Å². The molecule has 0 amide bonds. The van der Waals surface area contributed by atoms with E-state index in [1.165, 1.54) is 23.5 Å². The lowest BCUT2D eigenvalue weighted by molar-refractivity contribution is -0.137. The molecule has 0 fully saturated rings. The number of nitrogens with zero attached hydrogens (tertiary/aromatic N) is 2. The molecule has 106 valence electrons.